The molecule has 1 N–H and O–H groups in total. The number of benzene rings is 3. The average molecular weight is 456 g/mol. The Morgan fingerprint density at radius 1 is 0.882 bits per heavy atom. The van der Waals surface area contributed by atoms with Gasteiger partial charge in [0.2, 0.25) is 0 Å². The molecule has 4 rings (SSSR count). The molecule has 0 saturated carbocycles. The molecule has 1 fully saturated rings. The zero-order valence-electron chi connectivity index (χ0n) is 19.5. The van der Waals surface area contributed by atoms with E-state index >= 15 is 0 Å². The quantitative estimate of drug-likeness (QED) is 0.284. The van der Waals surface area contributed by atoms with Crippen LogP contribution >= 0.6 is 0 Å². The van der Waals surface area contributed by atoms with Crippen molar-refractivity contribution in [2.45, 2.75) is 32.7 Å². The number of carbonyl (C=O) groups excluding carboxylic acids is 2. The predicted octanol–water partition coefficient (Wildman–Crippen LogP) is 5.31. The van der Waals surface area contributed by atoms with Crippen LogP contribution in [0.5, 0.6) is 5.75 Å². The maximum Gasteiger partial charge on any atom is 0.295 e. The monoisotopic (exact) mass is 455 g/mol. The van der Waals surface area contributed by atoms with Gasteiger partial charge in [-0.2, -0.15) is 0 Å². The molecule has 0 radical (unpaired) electrons. The summed E-state index contributed by atoms with van der Waals surface area (Å²) in [6, 6.07) is 24.0. The second-order valence-electron chi connectivity index (χ2n) is 8.28. The number of nitrogens with zero attached hydrogens (tertiary/aromatic N) is 1. The lowest BCUT2D eigenvalue weighted by molar-refractivity contribution is -0.139. The Balaban J connectivity index is 1.75. The lowest BCUT2D eigenvalue weighted by Crippen LogP contribution is -2.31. The fraction of sp³-hybridized carbons (Fsp3) is 0.241. The lowest BCUT2D eigenvalue weighted by atomic mass is 9.94. The standard InChI is InChI=1S/C29H29NO4/c1-3-20-10-12-22(13-11-20)26-25(27(31)23-14-16-24(17-15-23)34-4-2)28(32)29(33)30(26)19-18-21-8-6-5-7-9-21/h5-17,26,31H,3-4,18-19H2,1-2H3. The minimum absolute atomic E-state index is 0.117. The van der Waals surface area contributed by atoms with Crippen LogP contribution in [0.25, 0.3) is 5.76 Å². The molecule has 0 aromatic heterocycles. The SMILES string of the molecule is CCOc1ccc(C(O)=C2C(=O)C(=O)N(CCc3ccccc3)C2c2ccc(CC)cc2)cc1. The second-order valence-corrected chi connectivity index (χ2v) is 8.28. The summed E-state index contributed by atoms with van der Waals surface area (Å²) in [6.07, 6.45) is 1.50. The first kappa shape index (κ1) is 23.3. The molecule has 1 aliphatic rings. The van der Waals surface area contributed by atoms with Crippen LogP contribution in [0.15, 0.2) is 84.4 Å². The molecule has 34 heavy (non-hydrogen) atoms. The van der Waals surface area contributed by atoms with Crippen molar-refractivity contribution in [3.05, 3.63) is 107 Å². The van der Waals surface area contributed by atoms with Crippen molar-refractivity contribution in [2.75, 3.05) is 13.2 Å². The van der Waals surface area contributed by atoms with Gasteiger partial charge in [0.15, 0.2) is 0 Å². The summed E-state index contributed by atoms with van der Waals surface area (Å²) in [5.74, 6) is -0.751. The summed E-state index contributed by atoms with van der Waals surface area (Å²) in [5, 5.41) is 11.2. The molecule has 0 spiro atoms. The van der Waals surface area contributed by atoms with Crippen molar-refractivity contribution in [3.63, 3.8) is 0 Å². The summed E-state index contributed by atoms with van der Waals surface area (Å²) in [6.45, 7) is 4.88. The van der Waals surface area contributed by atoms with Gasteiger partial charge in [-0.25, -0.2) is 0 Å². The number of likely N-dealkylation sites (tertiary alicyclic amines) is 1. The van der Waals surface area contributed by atoms with Gasteiger partial charge < -0.3 is 14.7 Å². The number of Topliss-reactive ketones (excluding diaryl/α,β-unsaturated/α-hetero) is 1. The molecule has 5 heteroatoms. The summed E-state index contributed by atoms with van der Waals surface area (Å²) < 4.78 is 5.48. The third-order valence-electron chi connectivity index (χ3n) is 6.17. The van der Waals surface area contributed by atoms with E-state index in [1.165, 1.54) is 0 Å². The summed E-state index contributed by atoms with van der Waals surface area (Å²) in [5.41, 5.74) is 3.63. The topological polar surface area (TPSA) is 66.8 Å². The molecule has 1 unspecified atom stereocenters. The molecule has 1 saturated heterocycles. The van der Waals surface area contributed by atoms with E-state index < -0.39 is 17.7 Å². The summed E-state index contributed by atoms with van der Waals surface area (Å²) >= 11 is 0. The number of aliphatic hydroxyl groups is 1. The average Bonchev–Trinajstić information content (AvgIpc) is 3.13. The van der Waals surface area contributed by atoms with Gasteiger partial charge in [-0.3, -0.25) is 9.59 Å². The van der Waals surface area contributed by atoms with Gasteiger partial charge in [-0.1, -0.05) is 61.5 Å². The first-order valence-electron chi connectivity index (χ1n) is 11.7. The van der Waals surface area contributed by atoms with Gasteiger partial charge in [-0.15, -0.1) is 0 Å². The highest BCUT2D eigenvalue weighted by atomic mass is 16.5. The van der Waals surface area contributed by atoms with Crippen molar-refractivity contribution in [3.8, 4) is 5.75 Å². The molecule has 3 aromatic carbocycles. The molecule has 5 nitrogen and oxygen atoms in total. The number of amides is 1. The van der Waals surface area contributed by atoms with Gasteiger partial charge in [0.25, 0.3) is 11.7 Å². The van der Waals surface area contributed by atoms with Crippen LogP contribution in [0.4, 0.5) is 0 Å². The number of carbonyl (C=O) groups is 2. The van der Waals surface area contributed by atoms with E-state index in [0.717, 1.165) is 23.1 Å². The van der Waals surface area contributed by atoms with Crippen molar-refractivity contribution < 1.29 is 19.4 Å². The second kappa shape index (κ2) is 10.4. The molecular weight excluding hydrogens is 426 g/mol. The van der Waals surface area contributed by atoms with Gasteiger partial charge in [0.1, 0.15) is 11.5 Å². The number of aryl methyl sites for hydroxylation is 1. The molecule has 1 heterocycles. The number of hydrogen-bond donors (Lipinski definition) is 1. The smallest absolute Gasteiger partial charge is 0.295 e. The number of ketones is 1. The molecular formula is C29H29NO4. The molecule has 1 aliphatic heterocycles. The first-order valence-corrected chi connectivity index (χ1v) is 11.7. The van der Waals surface area contributed by atoms with Crippen LogP contribution < -0.4 is 4.74 Å². The van der Waals surface area contributed by atoms with E-state index in [4.69, 9.17) is 4.74 Å². The predicted molar refractivity (Wildman–Crippen MR) is 133 cm³/mol. The largest absolute Gasteiger partial charge is 0.507 e. The Kier molecular flexibility index (Phi) is 7.12. The molecule has 0 aliphatic carbocycles. The van der Waals surface area contributed by atoms with E-state index in [2.05, 4.69) is 6.92 Å². The van der Waals surface area contributed by atoms with Crippen LogP contribution in [-0.4, -0.2) is 34.8 Å². The van der Waals surface area contributed by atoms with Crippen LogP contribution in [0, 0.1) is 0 Å². The highest BCUT2D eigenvalue weighted by Gasteiger charge is 2.45. The van der Waals surface area contributed by atoms with Crippen LogP contribution in [0.1, 0.15) is 42.1 Å². The summed E-state index contributed by atoms with van der Waals surface area (Å²) in [7, 11) is 0. The van der Waals surface area contributed by atoms with Crippen LogP contribution in [-0.2, 0) is 22.4 Å². The Labute approximate surface area is 200 Å². The first-order chi connectivity index (χ1) is 16.5. The third-order valence-corrected chi connectivity index (χ3v) is 6.17. The molecule has 1 amide bonds. The van der Waals surface area contributed by atoms with E-state index in [-0.39, 0.29) is 11.3 Å². The Morgan fingerprint density at radius 3 is 2.18 bits per heavy atom. The summed E-state index contributed by atoms with van der Waals surface area (Å²) in [4.78, 5) is 27.9. The third kappa shape index (κ3) is 4.74. The van der Waals surface area contributed by atoms with E-state index in [1.54, 1.807) is 29.2 Å². The van der Waals surface area contributed by atoms with Gasteiger partial charge in [-0.05, 0) is 60.7 Å². The highest BCUT2D eigenvalue weighted by molar-refractivity contribution is 6.46. The van der Waals surface area contributed by atoms with Crippen molar-refractivity contribution in [1.29, 1.82) is 0 Å². The van der Waals surface area contributed by atoms with Crippen molar-refractivity contribution in [2.24, 2.45) is 0 Å². The Morgan fingerprint density at radius 2 is 1.56 bits per heavy atom. The van der Waals surface area contributed by atoms with Crippen molar-refractivity contribution in [1.82, 2.24) is 4.90 Å². The zero-order chi connectivity index (χ0) is 24.1. The minimum Gasteiger partial charge on any atom is -0.507 e. The zero-order valence-corrected chi connectivity index (χ0v) is 19.5. The highest BCUT2D eigenvalue weighted by Crippen LogP contribution is 2.39. The maximum atomic E-state index is 13.2. The lowest BCUT2D eigenvalue weighted by Gasteiger charge is -2.25. The molecule has 3 aromatic rings. The van der Waals surface area contributed by atoms with Gasteiger partial charge >= 0.3 is 0 Å². The molecule has 1 atom stereocenters. The fourth-order valence-corrected chi connectivity index (χ4v) is 4.32. The number of aliphatic hydroxyl groups excluding tert-OH is 1. The Bertz CT molecular complexity index is 1180. The van der Waals surface area contributed by atoms with Gasteiger partial charge in [0.05, 0.1) is 18.2 Å². The number of hydrogen-bond acceptors (Lipinski definition) is 4. The molecule has 174 valence electrons. The van der Waals surface area contributed by atoms with E-state index in [1.807, 2.05) is 61.5 Å². The maximum absolute atomic E-state index is 13.2. The number of ether oxygens (including phenoxy) is 1. The van der Waals surface area contributed by atoms with Gasteiger partial charge in [0, 0.05) is 12.1 Å². The molecule has 0 bridgehead atoms. The fourth-order valence-electron chi connectivity index (χ4n) is 4.32. The normalized spacial score (nSPS) is 17.2. The van der Waals surface area contributed by atoms with Crippen LogP contribution in [0.3, 0.4) is 0 Å². The van der Waals surface area contributed by atoms with E-state index in [9.17, 15) is 14.7 Å². The van der Waals surface area contributed by atoms with Crippen molar-refractivity contribution >= 4 is 17.4 Å². The van der Waals surface area contributed by atoms with Crippen LogP contribution in [0.2, 0.25) is 0 Å². The van der Waals surface area contributed by atoms with E-state index in [0.29, 0.717) is 30.9 Å². The minimum atomic E-state index is -0.663. The number of rotatable bonds is 8. The Hall–Kier alpha value is -3.86.